The number of anilines is 1. The molecule has 0 spiro atoms. The lowest BCUT2D eigenvalue weighted by atomic mass is 10.1. The van der Waals surface area contributed by atoms with Crippen LogP contribution in [-0.2, 0) is 0 Å². The number of hydrogen-bond acceptors (Lipinski definition) is 4. The average molecular weight is 330 g/mol. The molecule has 6 heteroatoms. The van der Waals surface area contributed by atoms with Crippen LogP contribution in [0.3, 0.4) is 0 Å². The van der Waals surface area contributed by atoms with Crippen LogP contribution >= 0.6 is 0 Å². The molecule has 0 unspecified atom stereocenters. The molecule has 0 bridgehead atoms. The normalized spacial score (nSPS) is 12.0. The van der Waals surface area contributed by atoms with Gasteiger partial charge in [-0.3, -0.25) is 0 Å². The second-order valence-electron chi connectivity index (χ2n) is 5.81. The highest BCUT2D eigenvalue weighted by Crippen LogP contribution is 2.28. The van der Waals surface area contributed by atoms with E-state index in [9.17, 15) is 20.1 Å². The number of carbonyl (C=O) groups is 1. The lowest BCUT2D eigenvalue weighted by Gasteiger charge is -2.29. The van der Waals surface area contributed by atoms with Gasteiger partial charge in [-0.15, -0.1) is 0 Å². The zero-order chi connectivity index (χ0) is 17.7. The average Bonchev–Trinajstić information content (AvgIpc) is 2.55. The first-order valence-corrected chi connectivity index (χ1v) is 7.71. The predicted molar refractivity (Wildman–Crippen MR) is 92.0 cm³/mol. The van der Waals surface area contributed by atoms with E-state index in [2.05, 4.69) is 5.32 Å². The number of urea groups is 1. The molecule has 0 saturated heterocycles. The van der Waals surface area contributed by atoms with Crippen molar-refractivity contribution >= 4 is 11.7 Å². The van der Waals surface area contributed by atoms with Crippen LogP contribution in [0, 0.1) is 0 Å². The van der Waals surface area contributed by atoms with E-state index in [0.29, 0.717) is 11.3 Å². The number of phenols is 2. The van der Waals surface area contributed by atoms with Crippen molar-refractivity contribution in [2.75, 3.05) is 11.9 Å². The highest BCUT2D eigenvalue weighted by molar-refractivity contribution is 5.89. The molecular formula is C18H22N2O4. The molecule has 1 atom stereocenters. The van der Waals surface area contributed by atoms with Crippen molar-refractivity contribution in [3.63, 3.8) is 0 Å². The largest absolute Gasteiger partial charge is 0.504 e. The number of nitrogens with zero attached hydrogens (tertiary/aromatic N) is 1. The fraction of sp³-hybridized carbons (Fsp3) is 0.278. The lowest BCUT2D eigenvalue weighted by Crippen LogP contribution is -2.42. The minimum Gasteiger partial charge on any atom is -0.504 e. The van der Waals surface area contributed by atoms with E-state index < -0.39 is 6.10 Å². The van der Waals surface area contributed by atoms with Crippen molar-refractivity contribution in [1.82, 2.24) is 4.90 Å². The van der Waals surface area contributed by atoms with Crippen LogP contribution < -0.4 is 5.32 Å². The third kappa shape index (κ3) is 4.39. The number of nitrogens with one attached hydrogen (secondary N) is 1. The number of aliphatic hydroxyl groups is 1. The molecule has 2 aromatic rings. The van der Waals surface area contributed by atoms with Crippen molar-refractivity contribution in [2.24, 2.45) is 0 Å². The maximum atomic E-state index is 12.5. The quantitative estimate of drug-likeness (QED) is 0.634. The van der Waals surface area contributed by atoms with Gasteiger partial charge in [-0.2, -0.15) is 0 Å². The Labute approximate surface area is 141 Å². The Hall–Kier alpha value is -2.73. The van der Waals surface area contributed by atoms with E-state index >= 15 is 0 Å². The maximum absolute atomic E-state index is 12.5. The monoisotopic (exact) mass is 330 g/mol. The molecule has 0 heterocycles. The summed E-state index contributed by atoms with van der Waals surface area (Å²) < 4.78 is 0. The molecule has 6 nitrogen and oxygen atoms in total. The molecule has 24 heavy (non-hydrogen) atoms. The maximum Gasteiger partial charge on any atom is 0.322 e. The summed E-state index contributed by atoms with van der Waals surface area (Å²) in [5.41, 5.74) is 1.09. The zero-order valence-corrected chi connectivity index (χ0v) is 13.7. The molecule has 2 aromatic carbocycles. The minimum atomic E-state index is -0.986. The summed E-state index contributed by atoms with van der Waals surface area (Å²) in [5, 5.41) is 32.0. The molecule has 2 rings (SSSR count). The van der Waals surface area contributed by atoms with Gasteiger partial charge in [-0.05, 0) is 43.7 Å². The third-order valence-electron chi connectivity index (χ3n) is 3.66. The molecule has 4 N–H and O–H groups in total. The fourth-order valence-electron chi connectivity index (χ4n) is 2.28. The van der Waals surface area contributed by atoms with E-state index in [1.807, 2.05) is 32.0 Å². The fourth-order valence-corrected chi connectivity index (χ4v) is 2.28. The first kappa shape index (κ1) is 17.6. The van der Waals surface area contributed by atoms with Gasteiger partial charge in [0.2, 0.25) is 0 Å². The number of amides is 2. The van der Waals surface area contributed by atoms with Crippen LogP contribution in [0.15, 0.2) is 48.5 Å². The minimum absolute atomic E-state index is 0.0561. The van der Waals surface area contributed by atoms with Crippen molar-refractivity contribution < 1.29 is 20.1 Å². The second kappa shape index (κ2) is 7.70. The summed E-state index contributed by atoms with van der Waals surface area (Å²) in [5.74, 6) is -0.565. The van der Waals surface area contributed by atoms with Gasteiger partial charge in [-0.25, -0.2) is 4.79 Å². The Morgan fingerprint density at radius 3 is 2.33 bits per heavy atom. The predicted octanol–water partition coefficient (Wildman–Crippen LogP) is 3.07. The van der Waals surface area contributed by atoms with E-state index in [1.165, 1.54) is 23.1 Å². The highest BCUT2D eigenvalue weighted by atomic mass is 16.3. The number of benzene rings is 2. The summed E-state index contributed by atoms with van der Waals surface area (Å²) in [7, 11) is 0. The molecule has 2 amide bonds. The number of phenolic OH excluding ortho intramolecular Hbond substituents is 2. The number of rotatable bonds is 5. The highest BCUT2D eigenvalue weighted by Gasteiger charge is 2.22. The van der Waals surface area contributed by atoms with Gasteiger partial charge in [0.15, 0.2) is 11.5 Å². The van der Waals surface area contributed by atoms with Crippen LogP contribution in [0.4, 0.5) is 10.5 Å². The first-order valence-electron chi connectivity index (χ1n) is 7.71. The summed E-state index contributed by atoms with van der Waals surface area (Å²) >= 11 is 0. The van der Waals surface area contributed by atoms with Gasteiger partial charge >= 0.3 is 6.03 Å². The van der Waals surface area contributed by atoms with Crippen LogP contribution in [0.1, 0.15) is 25.5 Å². The Morgan fingerprint density at radius 1 is 1.08 bits per heavy atom. The molecule has 0 aliphatic heterocycles. The van der Waals surface area contributed by atoms with Crippen molar-refractivity contribution in [1.29, 1.82) is 0 Å². The van der Waals surface area contributed by atoms with Gasteiger partial charge < -0.3 is 25.5 Å². The molecular weight excluding hydrogens is 308 g/mol. The van der Waals surface area contributed by atoms with Crippen LogP contribution in [-0.4, -0.2) is 38.8 Å². The lowest BCUT2D eigenvalue weighted by molar-refractivity contribution is 0.113. The number of carbonyl (C=O) groups excluding carboxylic acids is 1. The van der Waals surface area contributed by atoms with E-state index in [4.69, 9.17) is 0 Å². The van der Waals surface area contributed by atoms with Crippen molar-refractivity contribution in [2.45, 2.75) is 26.0 Å². The van der Waals surface area contributed by atoms with Gasteiger partial charge in [0.05, 0.1) is 12.6 Å². The second-order valence-corrected chi connectivity index (χ2v) is 5.81. The summed E-state index contributed by atoms with van der Waals surface area (Å²) in [6, 6.07) is 12.7. The number of aromatic hydroxyl groups is 2. The van der Waals surface area contributed by atoms with Gasteiger partial charge in [0.25, 0.3) is 0 Å². The summed E-state index contributed by atoms with van der Waals surface area (Å²) in [6.45, 7) is 3.76. The number of para-hydroxylation sites is 1. The Kier molecular flexibility index (Phi) is 5.65. The van der Waals surface area contributed by atoms with E-state index in [1.54, 1.807) is 12.1 Å². The SMILES string of the molecule is CC(C)N(C[C@@H](O)c1ccc(O)c(O)c1)C(=O)Nc1ccccc1. The summed E-state index contributed by atoms with van der Waals surface area (Å²) in [4.78, 5) is 14.0. The molecule has 0 fully saturated rings. The molecule has 0 aliphatic rings. The zero-order valence-electron chi connectivity index (χ0n) is 13.7. The Bertz CT molecular complexity index is 689. The molecule has 0 aliphatic carbocycles. The Morgan fingerprint density at radius 2 is 1.75 bits per heavy atom. The number of hydrogen-bond donors (Lipinski definition) is 4. The van der Waals surface area contributed by atoms with Crippen molar-refractivity contribution in [3.05, 3.63) is 54.1 Å². The topological polar surface area (TPSA) is 93.0 Å². The molecule has 0 saturated carbocycles. The number of aliphatic hydroxyl groups excluding tert-OH is 1. The van der Waals surface area contributed by atoms with Gasteiger partial charge in [0.1, 0.15) is 0 Å². The van der Waals surface area contributed by atoms with Crippen LogP contribution in [0.5, 0.6) is 11.5 Å². The molecule has 0 radical (unpaired) electrons. The molecule has 128 valence electrons. The van der Waals surface area contributed by atoms with E-state index in [-0.39, 0.29) is 30.1 Å². The van der Waals surface area contributed by atoms with Gasteiger partial charge in [0, 0.05) is 11.7 Å². The van der Waals surface area contributed by atoms with E-state index in [0.717, 1.165) is 0 Å². The smallest absolute Gasteiger partial charge is 0.322 e. The van der Waals surface area contributed by atoms with Crippen LogP contribution in [0.25, 0.3) is 0 Å². The van der Waals surface area contributed by atoms with Crippen molar-refractivity contribution in [3.8, 4) is 11.5 Å². The first-order chi connectivity index (χ1) is 11.4. The standard InChI is InChI=1S/C18H22N2O4/c1-12(2)20(18(24)19-14-6-4-3-5-7-14)11-17(23)13-8-9-15(21)16(22)10-13/h3-10,12,17,21-23H,11H2,1-2H3,(H,19,24)/t17-/m1/s1. The molecule has 0 aromatic heterocycles. The third-order valence-corrected chi connectivity index (χ3v) is 3.66. The van der Waals surface area contributed by atoms with Gasteiger partial charge in [-0.1, -0.05) is 24.3 Å². The Balaban J connectivity index is 2.09. The summed E-state index contributed by atoms with van der Waals surface area (Å²) in [6.07, 6.45) is -0.986. The van der Waals surface area contributed by atoms with Crippen LogP contribution in [0.2, 0.25) is 0 Å².